The van der Waals surface area contributed by atoms with Crippen molar-refractivity contribution in [1.29, 1.82) is 0 Å². The number of carbonyl (C=O) groups is 1. The molecular formula is C18H25N5O2S2. The zero-order valence-corrected chi connectivity index (χ0v) is 17.2. The van der Waals surface area contributed by atoms with Gasteiger partial charge in [0.2, 0.25) is 5.91 Å². The van der Waals surface area contributed by atoms with Crippen molar-refractivity contribution in [3.05, 3.63) is 6.33 Å². The number of fused-ring (bicyclic) bond motifs is 1. The Hall–Kier alpha value is -1.45. The van der Waals surface area contributed by atoms with Crippen LogP contribution in [-0.2, 0) is 9.53 Å². The van der Waals surface area contributed by atoms with Gasteiger partial charge in [-0.05, 0) is 25.7 Å². The predicted molar refractivity (Wildman–Crippen MR) is 109 cm³/mol. The first-order valence-corrected chi connectivity index (χ1v) is 11.4. The number of thioether (sulfide) groups is 1. The Balaban J connectivity index is 1.47. The summed E-state index contributed by atoms with van der Waals surface area (Å²) in [6.45, 7) is 6.21. The van der Waals surface area contributed by atoms with Gasteiger partial charge in [0.1, 0.15) is 16.1 Å². The van der Waals surface area contributed by atoms with E-state index in [1.807, 2.05) is 0 Å². The molecule has 146 valence electrons. The summed E-state index contributed by atoms with van der Waals surface area (Å²) in [5.74, 6) is 0.643. The zero-order valence-electron chi connectivity index (χ0n) is 15.6. The number of hydrogen-bond acceptors (Lipinski definition) is 8. The van der Waals surface area contributed by atoms with Crippen molar-refractivity contribution in [3.63, 3.8) is 0 Å². The number of thiazole rings is 1. The second-order valence-corrected chi connectivity index (χ2v) is 8.80. The first-order valence-electron chi connectivity index (χ1n) is 9.62. The number of rotatable bonds is 5. The van der Waals surface area contributed by atoms with Crippen LogP contribution in [0.15, 0.2) is 11.4 Å². The smallest absolute Gasteiger partial charge is 0.233 e. The molecule has 0 spiro atoms. The molecule has 2 aliphatic heterocycles. The van der Waals surface area contributed by atoms with Crippen LogP contribution in [0.5, 0.6) is 0 Å². The molecule has 2 saturated heterocycles. The van der Waals surface area contributed by atoms with Crippen LogP contribution in [0.2, 0.25) is 0 Å². The van der Waals surface area contributed by atoms with E-state index in [0.717, 1.165) is 72.6 Å². The minimum atomic E-state index is 0.219. The topological polar surface area (TPSA) is 71.5 Å². The summed E-state index contributed by atoms with van der Waals surface area (Å²) >= 11 is 3.12. The van der Waals surface area contributed by atoms with Crippen LogP contribution < -0.4 is 4.90 Å². The Bertz CT molecular complexity index is 793. The van der Waals surface area contributed by atoms with Crippen molar-refractivity contribution in [3.8, 4) is 0 Å². The van der Waals surface area contributed by atoms with E-state index in [0.29, 0.717) is 11.8 Å². The van der Waals surface area contributed by atoms with E-state index in [-0.39, 0.29) is 5.91 Å². The summed E-state index contributed by atoms with van der Waals surface area (Å²) in [4.78, 5) is 30.5. The van der Waals surface area contributed by atoms with Crippen molar-refractivity contribution in [2.24, 2.45) is 0 Å². The highest BCUT2D eigenvalue weighted by Crippen LogP contribution is 2.34. The van der Waals surface area contributed by atoms with Crippen molar-refractivity contribution in [2.75, 3.05) is 43.5 Å². The standard InChI is InChI=1S/C18H25N5O2S2/c1-2-13-5-3-4-6-23(13)14(24)11-26-17-15-16(19-12-20-17)21-18(27-15)22-7-9-25-10-8-22/h12-13H,2-11H2,1H3. The SMILES string of the molecule is CCC1CCCCN1C(=O)CSc1ncnc2nc(N3CCOCC3)sc12. The molecule has 1 amide bonds. The zero-order chi connectivity index (χ0) is 18.6. The molecule has 9 heteroatoms. The lowest BCUT2D eigenvalue weighted by atomic mass is 10.0. The Morgan fingerprint density at radius 3 is 2.96 bits per heavy atom. The average Bonchev–Trinajstić information content (AvgIpc) is 3.17. The third-order valence-electron chi connectivity index (χ3n) is 5.18. The molecule has 27 heavy (non-hydrogen) atoms. The van der Waals surface area contributed by atoms with E-state index in [1.54, 1.807) is 17.7 Å². The van der Waals surface area contributed by atoms with E-state index < -0.39 is 0 Å². The number of nitrogens with zero attached hydrogens (tertiary/aromatic N) is 5. The van der Waals surface area contributed by atoms with Crippen molar-refractivity contribution >= 4 is 44.5 Å². The number of morpholine rings is 1. The number of ether oxygens (including phenoxy) is 1. The van der Waals surface area contributed by atoms with Gasteiger partial charge in [-0.15, -0.1) is 0 Å². The summed E-state index contributed by atoms with van der Waals surface area (Å²) in [5.41, 5.74) is 0.718. The monoisotopic (exact) mass is 407 g/mol. The van der Waals surface area contributed by atoms with Gasteiger partial charge in [-0.25, -0.2) is 9.97 Å². The summed E-state index contributed by atoms with van der Waals surface area (Å²) < 4.78 is 6.39. The van der Waals surface area contributed by atoms with Crippen molar-refractivity contribution < 1.29 is 9.53 Å². The molecule has 0 aromatic carbocycles. The van der Waals surface area contributed by atoms with Crippen molar-refractivity contribution in [2.45, 2.75) is 43.7 Å². The Kier molecular flexibility index (Phi) is 6.09. The third kappa shape index (κ3) is 4.20. The molecule has 1 atom stereocenters. The molecule has 2 aromatic heterocycles. The highest BCUT2D eigenvalue weighted by atomic mass is 32.2. The lowest BCUT2D eigenvalue weighted by Crippen LogP contribution is -2.44. The molecule has 2 aromatic rings. The van der Waals surface area contributed by atoms with Crippen LogP contribution in [0.3, 0.4) is 0 Å². The second kappa shape index (κ2) is 8.70. The first kappa shape index (κ1) is 18.9. The number of piperidine rings is 1. The maximum atomic E-state index is 12.8. The number of amides is 1. The van der Waals surface area contributed by atoms with Gasteiger partial charge < -0.3 is 14.5 Å². The van der Waals surface area contributed by atoms with E-state index in [4.69, 9.17) is 4.74 Å². The van der Waals surface area contributed by atoms with Gasteiger partial charge in [0.25, 0.3) is 0 Å². The van der Waals surface area contributed by atoms with Gasteiger partial charge in [0.05, 0.1) is 19.0 Å². The highest BCUT2D eigenvalue weighted by Gasteiger charge is 2.26. The number of likely N-dealkylation sites (tertiary alicyclic amines) is 1. The highest BCUT2D eigenvalue weighted by molar-refractivity contribution is 8.00. The van der Waals surface area contributed by atoms with Crippen LogP contribution in [0.4, 0.5) is 5.13 Å². The minimum Gasteiger partial charge on any atom is -0.378 e. The van der Waals surface area contributed by atoms with E-state index >= 15 is 0 Å². The molecular weight excluding hydrogens is 382 g/mol. The van der Waals surface area contributed by atoms with Crippen LogP contribution in [0.1, 0.15) is 32.6 Å². The van der Waals surface area contributed by atoms with Crippen LogP contribution in [-0.4, -0.2) is 70.4 Å². The lowest BCUT2D eigenvalue weighted by Gasteiger charge is -2.35. The Morgan fingerprint density at radius 2 is 2.15 bits per heavy atom. The second-order valence-electron chi connectivity index (χ2n) is 6.86. The molecule has 0 aliphatic carbocycles. The van der Waals surface area contributed by atoms with E-state index in [1.165, 1.54) is 18.2 Å². The Labute approximate surface area is 167 Å². The summed E-state index contributed by atoms with van der Waals surface area (Å²) in [6, 6.07) is 0.397. The van der Waals surface area contributed by atoms with Gasteiger partial charge in [-0.2, -0.15) is 4.98 Å². The molecule has 2 aliphatic rings. The van der Waals surface area contributed by atoms with Crippen LogP contribution in [0, 0.1) is 0 Å². The normalized spacial score (nSPS) is 21.0. The van der Waals surface area contributed by atoms with Crippen LogP contribution >= 0.6 is 23.1 Å². The molecule has 0 N–H and O–H groups in total. The predicted octanol–water partition coefficient (Wildman–Crippen LogP) is 2.81. The van der Waals surface area contributed by atoms with Crippen LogP contribution in [0.25, 0.3) is 10.3 Å². The maximum Gasteiger partial charge on any atom is 0.233 e. The van der Waals surface area contributed by atoms with Gasteiger partial charge in [-0.1, -0.05) is 30.0 Å². The fourth-order valence-corrected chi connectivity index (χ4v) is 5.71. The fraction of sp³-hybridized carbons (Fsp3) is 0.667. The maximum absolute atomic E-state index is 12.8. The van der Waals surface area contributed by atoms with Gasteiger partial charge in [0.15, 0.2) is 10.8 Å². The third-order valence-corrected chi connectivity index (χ3v) is 7.40. The Morgan fingerprint density at radius 1 is 1.30 bits per heavy atom. The first-order chi connectivity index (χ1) is 13.3. The molecule has 4 rings (SSSR count). The molecule has 4 heterocycles. The molecule has 0 radical (unpaired) electrons. The lowest BCUT2D eigenvalue weighted by molar-refractivity contribution is -0.132. The molecule has 2 fully saturated rings. The van der Waals surface area contributed by atoms with E-state index in [9.17, 15) is 4.79 Å². The summed E-state index contributed by atoms with van der Waals surface area (Å²) in [5, 5.41) is 1.82. The number of carbonyl (C=O) groups excluding carboxylic acids is 1. The summed E-state index contributed by atoms with van der Waals surface area (Å²) in [6.07, 6.45) is 6.05. The largest absolute Gasteiger partial charge is 0.378 e. The fourth-order valence-electron chi connectivity index (χ4n) is 3.68. The quantitative estimate of drug-likeness (QED) is 0.557. The number of aromatic nitrogens is 3. The van der Waals surface area contributed by atoms with Gasteiger partial charge in [0, 0.05) is 25.7 Å². The number of hydrogen-bond donors (Lipinski definition) is 0. The number of anilines is 1. The molecule has 7 nitrogen and oxygen atoms in total. The molecule has 0 saturated carbocycles. The molecule has 1 unspecified atom stereocenters. The average molecular weight is 408 g/mol. The van der Waals surface area contributed by atoms with E-state index in [2.05, 4.69) is 31.7 Å². The summed E-state index contributed by atoms with van der Waals surface area (Å²) in [7, 11) is 0. The molecule has 0 bridgehead atoms. The van der Waals surface area contributed by atoms with Crippen molar-refractivity contribution in [1.82, 2.24) is 19.9 Å². The van der Waals surface area contributed by atoms with Gasteiger partial charge in [-0.3, -0.25) is 4.79 Å². The van der Waals surface area contributed by atoms with Gasteiger partial charge >= 0.3 is 0 Å². The minimum absolute atomic E-state index is 0.219.